The molecule has 0 aromatic heterocycles. The molecule has 104 valence electrons. The van der Waals surface area contributed by atoms with Gasteiger partial charge in [0.05, 0.1) is 0 Å². The summed E-state index contributed by atoms with van der Waals surface area (Å²) in [6.07, 6.45) is 0. The zero-order chi connectivity index (χ0) is 13.7. The van der Waals surface area contributed by atoms with Gasteiger partial charge in [0.25, 0.3) is 0 Å². The van der Waals surface area contributed by atoms with Crippen LogP contribution < -0.4 is 20.4 Å². The van der Waals surface area contributed by atoms with Crippen molar-refractivity contribution in [1.82, 2.24) is 0 Å². The molecule has 0 aromatic carbocycles. The summed E-state index contributed by atoms with van der Waals surface area (Å²) in [5.41, 5.74) is 0. The van der Waals surface area contributed by atoms with Crippen LogP contribution in [0.15, 0.2) is 0 Å². The third kappa shape index (κ3) is 134. The summed E-state index contributed by atoms with van der Waals surface area (Å²) in [7, 11) is 0. The molecule has 0 radical (unpaired) electrons. The number of alkyl halides is 4. The Hall–Kier alpha value is 1.71. The second-order valence-corrected chi connectivity index (χ2v) is 3.08. The van der Waals surface area contributed by atoms with Gasteiger partial charge < -0.3 is 20.4 Å². The minimum absolute atomic E-state index is 0. The van der Waals surface area contributed by atoms with Gasteiger partial charge in [0, 0.05) is 23.5 Å². The average molecular weight is 366 g/mol. The van der Waals surface area contributed by atoms with Crippen molar-refractivity contribution in [3.05, 3.63) is 0 Å². The van der Waals surface area contributed by atoms with E-state index in [1.807, 2.05) is 0 Å². The van der Waals surface area contributed by atoms with Crippen molar-refractivity contribution in [2.75, 3.05) is 49.9 Å². The summed E-state index contributed by atoms with van der Waals surface area (Å²) >= 11 is 19.5. The van der Waals surface area contributed by atoms with Gasteiger partial charge in [-0.1, -0.05) is 0 Å². The predicted octanol–water partition coefficient (Wildman–Crippen LogP) is -1.66. The number of rotatable bonds is 4. The standard InChI is InChI=1S/4C2H4ClO.Ti/c4*3-1-2-4;/h4*1-2H2;/q4*-1;+4. The summed E-state index contributed by atoms with van der Waals surface area (Å²) in [5, 5.41) is 36.7. The Morgan fingerprint density at radius 3 is 0.529 bits per heavy atom. The molecule has 0 fully saturated rings. The normalized spacial score (nSPS) is 7.06. The fourth-order valence-electron chi connectivity index (χ4n) is 0. The molecule has 0 amide bonds. The van der Waals surface area contributed by atoms with E-state index in [2.05, 4.69) is 0 Å². The molecule has 17 heavy (non-hydrogen) atoms. The van der Waals surface area contributed by atoms with Crippen LogP contribution in [0.3, 0.4) is 0 Å². The first-order valence-corrected chi connectivity index (χ1v) is 6.36. The molecule has 9 heteroatoms. The van der Waals surface area contributed by atoms with E-state index in [0.717, 1.165) is 0 Å². The van der Waals surface area contributed by atoms with E-state index in [1.54, 1.807) is 0 Å². The van der Waals surface area contributed by atoms with Crippen LogP contribution in [-0.2, 0) is 21.7 Å². The Balaban J connectivity index is -0.0000000369. The molecule has 0 aliphatic heterocycles. The molecule has 0 saturated carbocycles. The Bertz CT molecular complexity index is 53.5. The van der Waals surface area contributed by atoms with E-state index in [1.165, 1.54) is 0 Å². The maximum atomic E-state index is 9.17. The smallest absolute Gasteiger partial charge is 0.854 e. The van der Waals surface area contributed by atoms with Gasteiger partial charge in [-0.25, -0.2) is 0 Å². The molecule has 0 unspecified atom stereocenters. The summed E-state index contributed by atoms with van der Waals surface area (Å²) in [5.74, 6) is 0.944. The maximum absolute atomic E-state index is 9.17. The summed E-state index contributed by atoms with van der Waals surface area (Å²) in [4.78, 5) is 0. The van der Waals surface area contributed by atoms with Crippen molar-refractivity contribution < 1.29 is 42.1 Å². The van der Waals surface area contributed by atoms with Gasteiger partial charge in [0.2, 0.25) is 0 Å². The summed E-state index contributed by atoms with van der Waals surface area (Å²) < 4.78 is 0. The number of halogens is 4. The molecule has 0 saturated heterocycles. The number of hydrogen-bond donors (Lipinski definition) is 0. The molecule has 0 aliphatic rings. The fourth-order valence-corrected chi connectivity index (χ4v) is 0. The van der Waals surface area contributed by atoms with Crippen LogP contribution in [0, 0.1) is 0 Å². The minimum atomic E-state index is -0.165. The predicted molar refractivity (Wildman–Crippen MR) is 62.3 cm³/mol. The van der Waals surface area contributed by atoms with Crippen LogP contribution >= 0.6 is 46.4 Å². The molecular weight excluding hydrogens is 350 g/mol. The average Bonchev–Trinajstić information content (AvgIpc) is 2.39. The van der Waals surface area contributed by atoms with E-state index in [4.69, 9.17) is 66.8 Å². The Morgan fingerprint density at radius 1 is 0.471 bits per heavy atom. The summed E-state index contributed by atoms with van der Waals surface area (Å²) in [6.45, 7) is -0.660. The quantitative estimate of drug-likeness (QED) is 0.440. The molecule has 0 aliphatic carbocycles. The SMILES string of the molecule is [O-]CCCl.[O-]CCCl.[O-]CCCl.[O-]CCCl.[Ti+4]. The number of hydrogen-bond acceptors (Lipinski definition) is 4. The molecule has 4 nitrogen and oxygen atoms in total. The van der Waals surface area contributed by atoms with Crippen molar-refractivity contribution >= 4 is 46.4 Å². The van der Waals surface area contributed by atoms with Crippen LogP contribution in [0.5, 0.6) is 0 Å². The Kier molecular flexibility index (Phi) is 96.3. The zero-order valence-electron chi connectivity index (χ0n) is 9.30. The van der Waals surface area contributed by atoms with Gasteiger partial charge in [-0.2, -0.15) is 0 Å². The Morgan fingerprint density at radius 2 is 0.529 bits per heavy atom. The van der Waals surface area contributed by atoms with Crippen molar-refractivity contribution in [2.45, 2.75) is 0 Å². The fraction of sp³-hybridized carbons (Fsp3) is 1.00. The largest absolute Gasteiger partial charge is 4.00 e. The first kappa shape index (κ1) is 31.2. The monoisotopic (exact) mass is 364 g/mol. The van der Waals surface area contributed by atoms with Gasteiger partial charge in [-0.15, -0.1) is 72.8 Å². The topological polar surface area (TPSA) is 92.2 Å². The third-order valence-corrected chi connectivity index (χ3v) is 0.926. The zero-order valence-corrected chi connectivity index (χ0v) is 13.9. The van der Waals surface area contributed by atoms with Crippen molar-refractivity contribution in [2.24, 2.45) is 0 Å². The second kappa shape index (κ2) is 52.4. The van der Waals surface area contributed by atoms with Gasteiger partial charge in [-0.05, 0) is 0 Å². The third-order valence-electron chi connectivity index (χ3n) is 0.309. The van der Waals surface area contributed by atoms with Crippen LogP contribution in [-0.4, -0.2) is 49.9 Å². The molecule has 0 aromatic rings. The molecule has 0 bridgehead atoms. The Labute approximate surface area is 138 Å². The van der Waals surface area contributed by atoms with Crippen molar-refractivity contribution in [1.29, 1.82) is 0 Å². The van der Waals surface area contributed by atoms with E-state index >= 15 is 0 Å². The van der Waals surface area contributed by atoms with E-state index in [-0.39, 0.29) is 71.7 Å². The molecule has 0 heterocycles. The van der Waals surface area contributed by atoms with Crippen molar-refractivity contribution in [3.63, 3.8) is 0 Å². The molecule has 0 atom stereocenters. The van der Waals surface area contributed by atoms with Gasteiger partial charge >= 0.3 is 21.7 Å². The van der Waals surface area contributed by atoms with Crippen LogP contribution in [0.25, 0.3) is 0 Å². The molecule has 0 spiro atoms. The molecule has 0 rings (SSSR count). The van der Waals surface area contributed by atoms with Crippen LogP contribution in [0.4, 0.5) is 0 Å². The second-order valence-electron chi connectivity index (χ2n) is 1.57. The minimum Gasteiger partial charge on any atom is -0.854 e. The van der Waals surface area contributed by atoms with Crippen LogP contribution in [0.1, 0.15) is 0 Å². The molecule has 0 N–H and O–H groups in total. The van der Waals surface area contributed by atoms with Gasteiger partial charge in [0.1, 0.15) is 0 Å². The first-order valence-electron chi connectivity index (χ1n) is 4.22. The van der Waals surface area contributed by atoms with Crippen molar-refractivity contribution in [3.8, 4) is 0 Å². The van der Waals surface area contributed by atoms with Gasteiger partial charge in [0.15, 0.2) is 0 Å². The maximum Gasteiger partial charge on any atom is 4.00 e. The molecular formula is C8H16Cl4O4Ti. The van der Waals surface area contributed by atoms with E-state index in [9.17, 15) is 0 Å². The van der Waals surface area contributed by atoms with Crippen LogP contribution in [0.2, 0.25) is 0 Å². The van der Waals surface area contributed by atoms with Gasteiger partial charge in [-0.3, -0.25) is 0 Å². The first-order chi connectivity index (χ1) is 7.66. The van der Waals surface area contributed by atoms with E-state index < -0.39 is 0 Å². The van der Waals surface area contributed by atoms with E-state index in [0.29, 0.717) is 0 Å². The summed E-state index contributed by atoms with van der Waals surface area (Å²) in [6, 6.07) is 0.